The van der Waals surface area contributed by atoms with E-state index in [4.69, 9.17) is 39.5 Å². The molecule has 0 spiro atoms. The van der Waals surface area contributed by atoms with Gasteiger partial charge in [-0.1, -0.05) is 34.8 Å². The van der Waals surface area contributed by atoms with E-state index in [1.54, 1.807) is 10.6 Å². The van der Waals surface area contributed by atoms with Crippen LogP contribution >= 0.6 is 66.7 Å². The molecule has 0 aliphatic rings. The van der Waals surface area contributed by atoms with E-state index in [1.807, 2.05) is 0 Å². The van der Waals surface area contributed by atoms with Crippen molar-refractivity contribution in [2.24, 2.45) is 0 Å². The molecule has 0 aliphatic carbocycles. The van der Waals surface area contributed by atoms with Gasteiger partial charge in [-0.2, -0.15) is 0 Å². The number of carbonyl (C=O) groups is 1. The average molecular weight is 414 g/mol. The largest absolute Gasteiger partial charge is 0.364 e. The number of ether oxygens (including phenoxy) is 1. The molecule has 8 heteroatoms. The first-order valence-corrected chi connectivity index (χ1v) is 6.66. The van der Waals surface area contributed by atoms with Crippen molar-refractivity contribution in [3.05, 3.63) is 20.8 Å². The van der Waals surface area contributed by atoms with Crippen molar-refractivity contribution < 1.29 is 9.53 Å². The quantitative estimate of drug-likeness (QED) is 0.549. The van der Waals surface area contributed by atoms with E-state index < -0.39 is 9.58 Å². The van der Waals surface area contributed by atoms with Crippen LogP contribution in [0.1, 0.15) is 10.5 Å². The molecular formula is C8H6Br2Cl3NO2. The number of ketones is 1. The number of aromatic nitrogens is 1. The number of nitrogens with zero attached hydrogens (tertiary/aromatic N) is 1. The maximum atomic E-state index is 11.8. The predicted octanol–water partition coefficient (Wildman–Crippen LogP) is 4.17. The van der Waals surface area contributed by atoms with Crippen molar-refractivity contribution in [3.63, 3.8) is 0 Å². The van der Waals surface area contributed by atoms with Crippen LogP contribution < -0.4 is 0 Å². The maximum absolute atomic E-state index is 11.8. The van der Waals surface area contributed by atoms with Gasteiger partial charge in [-0.3, -0.25) is 4.79 Å². The molecule has 0 aromatic carbocycles. The Morgan fingerprint density at radius 2 is 2.06 bits per heavy atom. The van der Waals surface area contributed by atoms with E-state index in [-0.39, 0.29) is 12.4 Å². The Balaban J connectivity index is 3.23. The van der Waals surface area contributed by atoms with E-state index in [1.165, 1.54) is 7.11 Å². The standard InChI is InChI=1S/C8H6Br2Cl3NO2/c1-16-3-14-5(2-4(9)7(14)10)6(15)8(11,12)13/h2H,3H2,1H3. The Morgan fingerprint density at radius 3 is 2.50 bits per heavy atom. The first-order valence-electron chi connectivity index (χ1n) is 3.94. The predicted molar refractivity (Wildman–Crippen MR) is 71.5 cm³/mol. The second kappa shape index (κ2) is 5.59. The van der Waals surface area contributed by atoms with Crippen molar-refractivity contribution in [2.45, 2.75) is 10.5 Å². The molecule has 3 nitrogen and oxygen atoms in total. The number of Topliss-reactive ketones (excluding diaryl/α,β-unsaturated/α-hetero) is 1. The van der Waals surface area contributed by atoms with Crippen LogP contribution in [-0.2, 0) is 11.5 Å². The van der Waals surface area contributed by atoms with Gasteiger partial charge in [-0.15, -0.1) is 0 Å². The van der Waals surface area contributed by atoms with E-state index in [2.05, 4.69) is 31.9 Å². The van der Waals surface area contributed by atoms with Crippen molar-refractivity contribution in [2.75, 3.05) is 7.11 Å². The van der Waals surface area contributed by atoms with Crippen molar-refractivity contribution >= 4 is 72.4 Å². The lowest BCUT2D eigenvalue weighted by molar-refractivity contribution is 0.0950. The van der Waals surface area contributed by atoms with E-state index >= 15 is 0 Å². The highest BCUT2D eigenvalue weighted by Crippen LogP contribution is 2.34. The third-order valence-corrected chi connectivity index (χ3v) is 4.24. The minimum Gasteiger partial charge on any atom is -0.364 e. The highest BCUT2D eigenvalue weighted by molar-refractivity contribution is 9.13. The van der Waals surface area contributed by atoms with Gasteiger partial charge in [0.2, 0.25) is 5.78 Å². The zero-order chi connectivity index (χ0) is 12.5. The fraction of sp³-hybridized carbons (Fsp3) is 0.375. The molecule has 1 aromatic heterocycles. The second-order valence-electron chi connectivity index (χ2n) is 2.84. The number of halogens is 5. The van der Waals surface area contributed by atoms with Gasteiger partial charge in [0.25, 0.3) is 3.79 Å². The van der Waals surface area contributed by atoms with Gasteiger partial charge in [-0.05, 0) is 37.9 Å². The maximum Gasteiger partial charge on any atom is 0.255 e. The fourth-order valence-corrected chi connectivity index (χ4v) is 2.21. The molecule has 90 valence electrons. The summed E-state index contributed by atoms with van der Waals surface area (Å²) >= 11 is 23.2. The Morgan fingerprint density at radius 1 is 1.50 bits per heavy atom. The molecule has 0 saturated heterocycles. The third-order valence-electron chi connectivity index (χ3n) is 1.74. The number of alkyl halides is 3. The number of methoxy groups -OCH3 is 1. The molecule has 0 aliphatic heterocycles. The minimum atomic E-state index is -1.98. The van der Waals surface area contributed by atoms with Gasteiger partial charge in [0.1, 0.15) is 11.3 Å². The van der Waals surface area contributed by atoms with Gasteiger partial charge < -0.3 is 9.30 Å². The number of rotatable bonds is 3. The number of carbonyl (C=O) groups excluding carboxylic acids is 1. The van der Waals surface area contributed by atoms with Gasteiger partial charge in [0.05, 0.1) is 10.2 Å². The third kappa shape index (κ3) is 3.15. The SMILES string of the molecule is COCn1c(C(=O)C(Cl)(Cl)Cl)cc(Br)c1Br. The highest BCUT2D eigenvalue weighted by Gasteiger charge is 2.34. The lowest BCUT2D eigenvalue weighted by Crippen LogP contribution is -2.22. The van der Waals surface area contributed by atoms with Gasteiger partial charge >= 0.3 is 0 Å². The summed E-state index contributed by atoms with van der Waals surface area (Å²) in [5, 5.41) is 0. The lowest BCUT2D eigenvalue weighted by atomic mass is 10.3. The summed E-state index contributed by atoms with van der Waals surface area (Å²) in [4.78, 5) is 11.8. The summed E-state index contributed by atoms with van der Waals surface area (Å²) in [6.07, 6.45) is 0. The highest BCUT2D eigenvalue weighted by atomic mass is 79.9. The molecule has 0 atom stereocenters. The van der Waals surface area contributed by atoms with E-state index in [0.717, 1.165) is 0 Å². The second-order valence-corrected chi connectivity index (χ2v) is 6.73. The fourth-order valence-electron chi connectivity index (χ4n) is 1.08. The first kappa shape index (κ1) is 14.8. The molecule has 1 aromatic rings. The Labute approximate surface area is 124 Å². The zero-order valence-electron chi connectivity index (χ0n) is 7.94. The van der Waals surface area contributed by atoms with Gasteiger partial charge in [0, 0.05) is 7.11 Å². The molecule has 0 unspecified atom stereocenters. The smallest absolute Gasteiger partial charge is 0.255 e. The van der Waals surface area contributed by atoms with E-state index in [0.29, 0.717) is 9.08 Å². The molecule has 0 saturated carbocycles. The topological polar surface area (TPSA) is 31.2 Å². The molecule has 0 amide bonds. The summed E-state index contributed by atoms with van der Waals surface area (Å²) in [5.41, 5.74) is 0.251. The molecule has 16 heavy (non-hydrogen) atoms. The molecule has 1 heterocycles. The zero-order valence-corrected chi connectivity index (χ0v) is 13.4. The monoisotopic (exact) mass is 411 g/mol. The van der Waals surface area contributed by atoms with Crippen LogP contribution in [0.25, 0.3) is 0 Å². The molecule has 0 N–H and O–H groups in total. The van der Waals surface area contributed by atoms with Crippen LogP contribution in [0.2, 0.25) is 0 Å². The molecule has 1 rings (SSSR count). The van der Waals surface area contributed by atoms with Crippen LogP contribution in [0.5, 0.6) is 0 Å². The Bertz CT molecular complexity index is 414. The lowest BCUT2D eigenvalue weighted by Gasteiger charge is -2.12. The van der Waals surface area contributed by atoms with Crippen LogP contribution in [0, 0.1) is 0 Å². The Hall–Kier alpha value is 0.740. The summed E-state index contributed by atoms with van der Waals surface area (Å²) in [6.45, 7) is 0.175. The molecule has 0 bridgehead atoms. The van der Waals surface area contributed by atoms with Crippen molar-refractivity contribution in [1.29, 1.82) is 0 Å². The molecule has 0 fully saturated rings. The average Bonchev–Trinajstić information content (AvgIpc) is 2.44. The normalized spacial score (nSPS) is 11.9. The van der Waals surface area contributed by atoms with Crippen LogP contribution in [0.15, 0.2) is 15.1 Å². The Kier molecular flexibility index (Phi) is 5.17. The number of hydrogen-bond donors (Lipinski definition) is 0. The number of hydrogen-bond acceptors (Lipinski definition) is 2. The van der Waals surface area contributed by atoms with Gasteiger partial charge in [0.15, 0.2) is 0 Å². The van der Waals surface area contributed by atoms with Crippen LogP contribution in [0.4, 0.5) is 0 Å². The first-order chi connectivity index (χ1) is 7.29. The van der Waals surface area contributed by atoms with Crippen molar-refractivity contribution in [3.8, 4) is 0 Å². The molecule has 0 radical (unpaired) electrons. The van der Waals surface area contributed by atoms with E-state index in [9.17, 15) is 4.79 Å². The van der Waals surface area contributed by atoms with Gasteiger partial charge in [-0.25, -0.2) is 0 Å². The summed E-state index contributed by atoms with van der Waals surface area (Å²) in [7, 11) is 1.50. The molecular weight excluding hydrogens is 408 g/mol. The van der Waals surface area contributed by atoms with Crippen molar-refractivity contribution in [1.82, 2.24) is 4.57 Å². The summed E-state index contributed by atoms with van der Waals surface area (Å²) in [6, 6.07) is 1.56. The summed E-state index contributed by atoms with van der Waals surface area (Å²) in [5.74, 6) is -0.610. The van der Waals surface area contributed by atoms with Crippen LogP contribution in [0.3, 0.4) is 0 Å². The van der Waals surface area contributed by atoms with Crippen LogP contribution in [-0.4, -0.2) is 21.3 Å². The summed E-state index contributed by atoms with van der Waals surface area (Å²) < 4.78 is 5.85. The minimum absolute atomic E-state index is 0.175.